The Kier molecular flexibility index (Phi) is 1.62. The van der Waals surface area contributed by atoms with Crippen molar-refractivity contribution in [3.63, 3.8) is 0 Å². The Bertz CT molecular complexity index is 373. The third kappa shape index (κ3) is 1.30. The van der Waals surface area contributed by atoms with Gasteiger partial charge in [-0.15, -0.1) is 0 Å². The first kappa shape index (κ1) is 7.91. The standard InChI is InChI=1S/C9H11N3O/c10-6-3-5-1-2-9(13)12-8(5)4-7(6)11/h3-4H,1-2,10-11H2,(H,12,13). The van der Waals surface area contributed by atoms with Gasteiger partial charge in [0.25, 0.3) is 0 Å². The molecule has 0 fully saturated rings. The highest BCUT2D eigenvalue weighted by Crippen LogP contribution is 2.28. The van der Waals surface area contributed by atoms with Crippen LogP contribution in [0.5, 0.6) is 0 Å². The van der Waals surface area contributed by atoms with E-state index < -0.39 is 0 Å². The monoisotopic (exact) mass is 177 g/mol. The highest BCUT2D eigenvalue weighted by Gasteiger charge is 2.15. The van der Waals surface area contributed by atoms with Gasteiger partial charge in [-0.3, -0.25) is 4.79 Å². The fraction of sp³-hybridized carbons (Fsp3) is 0.222. The van der Waals surface area contributed by atoms with Gasteiger partial charge in [-0.05, 0) is 24.1 Å². The second kappa shape index (κ2) is 2.65. The van der Waals surface area contributed by atoms with Gasteiger partial charge in [-0.2, -0.15) is 0 Å². The minimum Gasteiger partial charge on any atom is -0.397 e. The van der Waals surface area contributed by atoms with Crippen molar-refractivity contribution in [1.29, 1.82) is 0 Å². The zero-order valence-electron chi connectivity index (χ0n) is 7.13. The van der Waals surface area contributed by atoms with E-state index in [4.69, 9.17) is 11.5 Å². The van der Waals surface area contributed by atoms with E-state index in [1.165, 1.54) is 0 Å². The van der Waals surface area contributed by atoms with Crippen molar-refractivity contribution in [2.45, 2.75) is 12.8 Å². The lowest BCUT2D eigenvalue weighted by molar-refractivity contribution is -0.116. The van der Waals surface area contributed by atoms with Crippen molar-refractivity contribution in [3.05, 3.63) is 17.7 Å². The molecule has 1 heterocycles. The molecule has 4 heteroatoms. The quantitative estimate of drug-likeness (QED) is 0.511. The largest absolute Gasteiger partial charge is 0.397 e. The maximum atomic E-state index is 11.0. The number of anilines is 3. The molecule has 1 amide bonds. The van der Waals surface area contributed by atoms with Gasteiger partial charge in [-0.25, -0.2) is 0 Å². The Labute approximate surface area is 75.9 Å². The maximum Gasteiger partial charge on any atom is 0.224 e. The summed E-state index contributed by atoms with van der Waals surface area (Å²) < 4.78 is 0. The SMILES string of the molecule is Nc1cc2c(cc1N)NC(=O)CC2. The Hall–Kier alpha value is -1.71. The van der Waals surface area contributed by atoms with Crippen LogP contribution in [0.3, 0.4) is 0 Å². The van der Waals surface area contributed by atoms with Crippen molar-refractivity contribution < 1.29 is 4.79 Å². The number of nitrogens with one attached hydrogen (secondary N) is 1. The lowest BCUT2D eigenvalue weighted by Crippen LogP contribution is -2.19. The van der Waals surface area contributed by atoms with Crippen LogP contribution in [0.1, 0.15) is 12.0 Å². The Balaban J connectivity index is 2.49. The zero-order valence-corrected chi connectivity index (χ0v) is 7.13. The number of fused-ring (bicyclic) bond motifs is 1. The molecule has 1 aromatic carbocycles. The molecule has 13 heavy (non-hydrogen) atoms. The molecule has 0 aliphatic carbocycles. The van der Waals surface area contributed by atoms with Crippen molar-refractivity contribution in [3.8, 4) is 0 Å². The molecule has 5 N–H and O–H groups in total. The summed E-state index contributed by atoms with van der Waals surface area (Å²) in [7, 11) is 0. The fourth-order valence-corrected chi connectivity index (χ4v) is 1.46. The van der Waals surface area contributed by atoms with Crippen LogP contribution in [0.2, 0.25) is 0 Å². The lowest BCUT2D eigenvalue weighted by Gasteiger charge is -2.17. The zero-order chi connectivity index (χ0) is 9.42. The van der Waals surface area contributed by atoms with Crippen molar-refractivity contribution >= 4 is 23.0 Å². The van der Waals surface area contributed by atoms with E-state index in [0.29, 0.717) is 17.8 Å². The van der Waals surface area contributed by atoms with Crippen LogP contribution in [0, 0.1) is 0 Å². The Morgan fingerprint density at radius 3 is 2.62 bits per heavy atom. The second-order valence-corrected chi connectivity index (χ2v) is 3.19. The minimum absolute atomic E-state index is 0.0386. The van der Waals surface area contributed by atoms with E-state index in [-0.39, 0.29) is 5.91 Å². The molecule has 0 unspecified atom stereocenters. The molecule has 1 aliphatic rings. The first-order valence-electron chi connectivity index (χ1n) is 4.14. The molecule has 2 rings (SSSR count). The second-order valence-electron chi connectivity index (χ2n) is 3.19. The molecule has 0 saturated heterocycles. The molecule has 0 saturated carbocycles. The number of carbonyl (C=O) groups excluding carboxylic acids is 1. The van der Waals surface area contributed by atoms with Crippen molar-refractivity contribution in [2.75, 3.05) is 16.8 Å². The molecular formula is C9H11N3O. The molecule has 4 nitrogen and oxygen atoms in total. The average Bonchev–Trinajstić information content (AvgIpc) is 2.08. The number of nitrogens with two attached hydrogens (primary N) is 2. The van der Waals surface area contributed by atoms with Gasteiger partial charge in [0.15, 0.2) is 0 Å². The normalized spacial score (nSPS) is 14.9. The third-order valence-corrected chi connectivity index (χ3v) is 2.20. The van der Waals surface area contributed by atoms with Crippen molar-refractivity contribution in [2.24, 2.45) is 0 Å². The highest BCUT2D eigenvalue weighted by molar-refractivity contribution is 5.95. The van der Waals surface area contributed by atoms with E-state index in [9.17, 15) is 4.79 Å². The molecule has 1 aliphatic heterocycles. The van der Waals surface area contributed by atoms with Crippen LogP contribution < -0.4 is 16.8 Å². The number of rotatable bonds is 0. The van der Waals surface area contributed by atoms with Gasteiger partial charge < -0.3 is 16.8 Å². The minimum atomic E-state index is 0.0386. The molecular weight excluding hydrogens is 166 g/mol. The summed E-state index contributed by atoms with van der Waals surface area (Å²) in [5.41, 5.74) is 14.2. The number of benzene rings is 1. The van der Waals surface area contributed by atoms with E-state index in [1.54, 1.807) is 6.07 Å². The van der Waals surface area contributed by atoms with E-state index in [1.807, 2.05) is 6.07 Å². The van der Waals surface area contributed by atoms with E-state index >= 15 is 0 Å². The molecule has 68 valence electrons. The molecule has 0 radical (unpaired) electrons. The number of hydrogen-bond donors (Lipinski definition) is 3. The molecule has 0 spiro atoms. The predicted octanol–water partition coefficient (Wildman–Crippen LogP) is 0.736. The van der Waals surface area contributed by atoms with Gasteiger partial charge in [0.05, 0.1) is 11.4 Å². The van der Waals surface area contributed by atoms with Gasteiger partial charge in [0.1, 0.15) is 0 Å². The number of aryl methyl sites for hydroxylation is 1. The van der Waals surface area contributed by atoms with Crippen LogP contribution in [-0.2, 0) is 11.2 Å². The number of hydrogen-bond acceptors (Lipinski definition) is 3. The molecule has 1 aromatic rings. The van der Waals surface area contributed by atoms with Crippen LogP contribution in [0.4, 0.5) is 17.1 Å². The molecule has 0 bridgehead atoms. The fourth-order valence-electron chi connectivity index (χ4n) is 1.46. The van der Waals surface area contributed by atoms with Gasteiger partial charge in [-0.1, -0.05) is 0 Å². The third-order valence-electron chi connectivity index (χ3n) is 2.20. The summed E-state index contributed by atoms with van der Waals surface area (Å²) in [4.78, 5) is 11.0. The summed E-state index contributed by atoms with van der Waals surface area (Å²) >= 11 is 0. The van der Waals surface area contributed by atoms with E-state index in [0.717, 1.165) is 17.7 Å². The number of carbonyl (C=O) groups is 1. The Morgan fingerprint density at radius 1 is 1.15 bits per heavy atom. The van der Waals surface area contributed by atoms with Crippen LogP contribution in [0.25, 0.3) is 0 Å². The first-order valence-corrected chi connectivity index (χ1v) is 4.14. The summed E-state index contributed by atoms with van der Waals surface area (Å²) in [6.45, 7) is 0. The number of nitrogen functional groups attached to an aromatic ring is 2. The highest BCUT2D eigenvalue weighted by atomic mass is 16.1. The average molecular weight is 177 g/mol. The van der Waals surface area contributed by atoms with Crippen LogP contribution in [0.15, 0.2) is 12.1 Å². The van der Waals surface area contributed by atoms with Crippen molar-refractivity contribution in [1.82, 2.24) is 0 Å². The topological polar surface area (TPSA) is 81.1 Å². The van der Waals surface area contributed by atoms with Gasteiger partial charge in [0.2, 0.25) is 5.91 Å². The lowest BCUT2D eigenvalue weighted by atomic mass is 10.0. The summed E-state index contributed by atoms with van der Waals surface area (Å²) in [5, 5.41) is 2.75. The van der Waals surface area contributed by atoms with Gasteiger partial charge >= 0.3 is 0 Å². The molecule has 0 aromatic heterocycles. The predicted molar refractivity (Wildman–Crippen MR) is 52.2 cm³/mol. The Morgan fingerprint density at radius 2 is 1.85 bits per heavy atom. The first-order chi connectivity index (χ1) is 6.16. The summed E-state index contributed by atoms with van der Waals surface area (Å²) in [6.07, 6.45) is 1.27. The van der Waals surface area contributed by atoms with Gasteiger partial charge in [0, 0.05) is 12.1 Å². The molecule has 0 atom stereocenters. The van der Waals surface area contributed by atoms with Crippen LogP contribution >= 0.6 is 0 Å². The smallest absolute Gasteiger partial charge is 0.224 e. The maximum absolute atomic E-state index is 11.0. The summed E-state index contributed by atoms with van der Waals surface area (Å²) in [5.74, 6) is 0.0386. The summed E-state index contributed by atoms with van der Waals surface area (Å²) in [6, 6.07) is 3.53. The van der Waals surface area contributed by atoms with E-state index in [2.05, 4.69) is 5.32 Å². The number of amides is 1. The van der Waals surface area contributed by atoms with Crippen LogP contribution in [-0.4, -0.2) is 5.91 Å².